The van der Waals surface area contributed by atoms with E-state index in [9.17, 15) is 14.4 Å². The predicted molar refractivity (Wildman–Crippen MR) is 65.9 cm³/mol. The Morgan fingerprint density at radius 1 is 1.17 bits per heavy atom. The Hall–Kier alpha value is -1.39. The van der Waals surface area contributed by atoms with Gasteiger partial charge in [-0.1, -0.05) is 6.92 Å². The van der Waals surface area contributed by atoms with Crippen molar-refractivity contribution in [3.8, 4) is 0 Å². The van der Waals surface area contributed by atoms with Crippen LogP contribution in [0.2, 0.25) is 0 Å². The minimum absolute atomic E-state index is 0.201. The minimum atomic E-state index is -0.538. The number of hydrogen-bond acceptors (Lipinski definition) is 5. The maximum Gasteiger partial charge on any atom is 0.313 e. The molecule has 0 unspecified atom stereocenters. The van der Waals surface area contributed by atoms with E-state index in [-0.39, 0.29) is 31.2 Å². The van der Waals surface area contributed by atoms with E-state index < -0.39 is 11.4 Å². The Labute approximate surface area is 108 Å². The van der Waals surface area contributed by atoms with Gasteiger partial charge in [0.15, 0.2) is 0 Å². The summed E-state index contributed by atoms with van der Waals surface area (Å²) in [4.78, 5) is 33.7. The molecule has 0 aromatic carbocycles. The van der Waals surface area contributed by atoms with Crippen molar-refractivity contribution in [3.05, 3.63) is 0 Å². The lowest BCUT2D eigenvalue weighted by Crippen LogP contribution is -2.26. The lowest BCUT2D eigenvalue weighted by Gasteiger charge is -2.20. The van der Waals surface area contributed by atoms with Crippen LogP contribution in [0.4, 0.5) is 0 Å². The molecule has 0 saturated heterocycles. The second kappa shape index (κ2) is 7.84. The largest absolute Gasteiger partial charge is 0.469 e. The molecule has 0 heterocycles. The molecular formula is C13H22O5. The van der Waals surface area contributed by atoms with Crippen molar-refractivity contribution >= 4 is 17.7 Å². The molecule has 0 amide bonds. The summed E-state index contributed by atoms with van der Waals surface area (Å²) in [6.45, 7) is 5.76. The maximum atomic E-state index is 11.6. The van der Waals surface area contributed by atoms with Gasteiger partial charge < -0.3 is 9.47 Å². The Morgan fingerprint density at radius 2 is 1.78 bits per heavy atom. The smallest absolute Gasteiger partial charge is 0.313 e. The molecule has 0 N–H and O–H groups in total. The van der Waals surface area contributed by atoms with Gasteiger partial charge in [-0.25, -0.2) is 0 Å². The Kier molecular flexibility index (Phi) is 7.24. The van der Waals surface area contributed by atoms with Crippen molar-refractivity contribution in [1.82, 2.24) is 0 Å². The number of ether oxygens (including phenoxy) is 2. The summed E-state index contributed by atoms with van der Waals surface area (Å²) < 4.78 is 9.45. The number of hydrogen-bond donors (Lipinski definition) is 0. The average Bonchev–Trinajstić information content (AvgIpc) is 2.33. The first kappa shape index (κ1) is 16.6. The molecule has 0 aromatic rings. The second-order valence-corrected chi connectivity index (χ2v) is 4.77. The van der Waals surface area contributed by atoms with E-state index in [0.29, 0.717) is 12.8 Å². The number of carbonyl (C=O) groups excluding carboxylic acids is 3. The molecule has 5 heteroatoms. The van der Waals surface area contributed by atoms with E-state index >= 15 is 0 Å². The van der Waals surface area contributed by atoms with Crippen molar-refractivity contribution in [2.45, 2.75) is 46.5 Å². The van der Waals surface area contributed by atoms with Crippen molar-refractivity contribution in [3.63, 3.8) is 0 Å². The highest BCUT2D eigenvalue weighted by molar-refractivity contribution is 5.95. The van der Waals surface area contributed by atoms with Gasteiger partial charge in [-0.2, -0.15) is 0 Å². The first-order valence-corrected chi connectivity index (χ1v) is 6.09. The molecule has 0 fully saturated rings. The summed E-state index contributed by atoms with van der Waals surface area (Å²) in [5, 5.41) is 0. The van der Waals surface area contributed by atoms with Gasteiger partial charge in [-0.15, -0.1) is 0 Å². The third kappa shape index (κ3) is 6.37. The standard InChI is InChI=1S/C13H22O5/c1-5-13(2,3)12(16)18-8-6-7-10(14)9-11(15)17-4/h5-9H2,1-4H3. The monoisotopic (exact) mass is 258 g/mol. The van der Waals surface area contributed by atoms with E-state index in [1.807, 2.05) is 20.8 Å². The molecule has 0 aliphatic carbocycles. The van der Waals surface area contributed by atoms with Crippen molar-refractivity contribution in [1.29, 1.82) is 0 Å². The van der Waals surface area contributed by atoms with Crippen LogP contribution < -0.4 is 0 Å². The van der Waals surface area contributed by atoms with Crippen LogP contribution in [0, 0.1) is 5.41 Å². The number of methoxy groups -OCH3 is 1. The minimum Gasteiger partial charge on any atom is -0.469 e. The fraction of sp³-hybridized carbons (Fsp3) is 0.769. The van der Waals surface area contributed by atoms with Gasteiger partial charge in [-0.05, 0) is 26.7 Å². The molecule has 0 saturated carbocycles. The number of rotatable bonds is 8. The third-order valence-corrected chi connectivity index (χ3v) is 2.84. The number of esters is 2. The van der Waals surface area contributed by atoms with Crippen LogP contribution >= 0.6 is 0 Å². The van der Waals surface area contributed by atoms with E-state index in [4.69, 9.17) is 4.74 Å². The van der Waals surface area contributed by atoms with E-state index in [1.165, 1.54) is 7.11 Å². The fourth-order valence-corrected chi connectivity index (χ4v) is 1.10. The van der Waals surface area contributed by atoms with Crippen LogP contribution in [0.25, 0.3) is 0 Å². The SMILES string of the molecule is CCC(C)(C)C(=O)OCCCC(=O)CC(=O)OC. The molecule has 0 atom stereocenters. The molecule has 18 heavy (non-hydrogen) atoms. The number of Topliss-reactive ketones (excluding diaryl/α,β-unsaturated/α-hetero) is 1. The first-order chi connectivity index (χ1) is 8.33. The lowest BCUT2D eigenvalue weighted by atomic mass is 9.91. The van der Waals surface area contributed by atoms with Crippen molar-refractivity contribution in [2.24, 2.45) is 5.41 Å². The fourth-order valence-electron chi connectivity index (χ4n) is 1.10. The Morgan fingerprint density at radius 3 is 2.28 bits per heavy atom. The maximum absolute atomic E-state index is 11.6. The van der Waals surface area contributed by atoms with Crippen LogP contribution in [0.5, 0.6) is 0 Å². The van der Waals surface area contributed by atoms with Crippen LogP contribution in [-0.4, -0.2) is 31.4 Å². The third-order valence-electron chi connectivity index (χ3n) is 2.84. The van der Waals surface area contributed by atoms with Gasteiger partial charge in [0.25, 0.3) is 0 Å². The summed E-state index contributed by atoms with van der Waals surface area (Å²) in [7, 11) is 1.24. The van der Waals surface area contributed by atoms with Gasteiger partial charge in [0, 0.05) is 6.42 Å². The molecule has 0 rings (SSSR count). The molecule has 5 nitrogen and oxygen atoms in total. The van der Waals surface area contributed by atoms with Gasteiger partial charge >= 0.3 is 11.9 Å². The zero-order valence-corrected chi connectivity index (χ0v) is 11.6. The summed E-state index contributed by atoms with van der Waals surface area (Å²) >= 11 is 0. The molecule has 0 aliphatic rings. The molecular weight excluding hydrogens is 236 g/mol. The van der Waals surface area contributed by atoms with Crippen LogP contribution in [-0.2, 0) is 23.9 Å². The molecule has 0 radical (unpaired) electrons. The first-order valence-electron chi connectivity index (χ1n) is 6.09. The quantitative estimate of drug-likeness (QED) is 0.377. The van der Waals surface area contributed by atoms with E-state index in [0.717, 1.165) is 0 Å². The van der Waals surface area contributed by atoms with E-state index in [1.54, 1.807) is 0 Å². The summed E-state index contributed by atoms with van der Waals surface area (Å²) in [5.74, 6) is -0.998. The highest BCUT2D eigenvalue weighted by Gasteiger charge is 2.26. The van der Waals surface area contributed by atoms with Gasteiger partial charge in [0.1, 0.15) is 12.2 Å². The van der Waals surface area contributed by atoms with Gasteiger partial charge in [0.2, 0.25) is 0 Å². The van der Waals surface area contributed by atoms with Crippen molar-refractivity contribution < 1.29 is 23.9 Å². The average molecular weight is 258 g/mol. The Bertz CT molecular complexity index is 307. The van der Waals surface area contributed by atoms with Crippen LogP contribution in [0.15, 0.2) is 0 Å². The molecule has 0 spiro atoms. The highest BCUT2D eigenvalue weighted by atomic mass is 16.5. The molecule has 0 bridgehead atoms. The van der Waals surface area contributed by atoms with Gasteiger partial charge in [0.05, 0.1) is 19.1 Å². The van der Waals surface area contributed by atoms with E-state index in [2.05, 4.69) is 4.74 Å². The summed E-state index contributed by atoms with van der Waals surface area (Å²) in [6, 6.07) is 0. The summed E-state index contributed by atoms with van der Waals surface area (Å²) in [6.07, 6.45) is 1.13. The second-order valence-electron chi connectivity index (χ2n) is 4.77. The number of ketones is 1. The topological polar surface area (TPSA) is 69.7 Å². The molecule has 0 aromatic heterocycles. The zero-order chi connectivity index (χ0) is 14.2. The molecule has 104 valence electrons. The number of carbonyl (C=O) groups is 3. The van der Waals surface area contributed by atoms with Crippen LogP contribution in [0.1, 0.15) is 46.5 Å². The van der Waals surface area contributed by atoms with Crippen molar-refractivity contribution in [2.75, 3.05) is 13.7 Å². The molecule has 0 aliphatic heterocycles. The van der Waals surface area contributed by atoms with Crippen LogP contribution in [0.3, 0.4) is 0 Å². The zero-order valence-electron chi connectivity index (χ0n) is 11.6. The summed E-state index contributed by atoms with van der Waals surface area (Å²) in [5.41, 5.74) is -0.490. The van der Waals surface area contributed by atoms with Gasteiger partial charge in [-0.3, -0.25) is 14.4 Å². The predicted octanol–water partition coefficient (Wildman–Crippen LogP) is 1.88. The Balaban J connectivity index is 3.78. The lowest BCUT2D eigenvalue weighted by molar-refractivity contribution is -0.154. The highest BCUT2D eigenvalue weighted by Crippen LogP contribution is 2.21. The normalized spacial score (nSPS) is 10.9.